The van der Waals surface area contributed by atoms with Crippen LogP contribution in [0.3, 0.4) is 0 Å². The third kappa shape index (κ3) is 20.5. The summed E-state index contributed by atoms with van der Waals surface area (Å²) in [5.41, 5.74) is 18.4. The number of aromatic hydroxyl groups is 2. The lowest BCUT2D eigenvalue weighted by molar-refractivity contribution is -0.127. The maximum Gasteiger partial charge on any atom is 0.244 e. The van der Waals surface area contributed by atoms with Crippen LogP contribution < -0.4 is 38.5 Å². The molecule has 0 unspecified atom stereocenters. The standard InChI is InChI=1S/C42H63N7O7/c1-2-3-4-5-6-13-38(52)46-32(28-30-14-20-34(50)21-15-30)18-24-40(54)49-37(12-8-10-27-44)42(56)47-33(29-31-16-22-35(51)23-17-31)19-25-39(53)48-36(41(45)55)11-7-9-26-43/h14-25,32-33,36-37,50-51H,2-13,26-29,43-44H2,1H3,(H2,45,55)(H,46,52)(H,47,56)(H,48,53)(H,49,54)/b24-18+,25-19+/t32-,33-,36+,37+/m1/s1. The topological polar surface area (TPSA) is 252 Å². The highest BCUT2D eigenvalue weighted by molar-refractivity contribution is 5.94. The molecular formula is C42H63N7O7. The van der Waals surface area contributed by atoms with Crippen molar-refractivity contribution >= 4 is 29.5 Å². The second kappa shape index (κ2) is 27.4. The van der Waals surface area contributed by atoms with Crippen LogP contribution in [0.2, 0.25) is 0 Å². The van der Waals surface area contributed by atoms with Crippen LogP contribution in [0.5, 0.6) is 11.5 Å². The van der Waals surface area contributed by atoms with Gasteiger partial charge in [-0.3, -0.25) is 24.0 Å². The fourth-order valence-electron chi connectivity index (χ4n) is 5.94. The third-order valence-corrected chi connectivity index (χ3v) is 9.11. The highest BCUT2D eigenvalue weighted by Gasteiger charge is 2.23. The Balaban J connectivity index is 2.23. The molecule has 0 spiro atoms. The quantitative estimate of drug-likeness (QED) is 0.0454. The second-order valence-electron chi connectivity index (χ2n) is 14.0. The molecule has 0 radical (unpaired) electrons. The van der Waals surface area contributed by atoms with Gasteiger partial charge in [0.25, 0.3) is 0 Å². The zero-order chi connectivity index (χ0) is 41.1. The Morgan fingerprint density at radius 3 is 1.55 bits per heavy atom. The molecule has 56 heavy (non-hydrogen) atoms. The summed E-state index contributed by atoms with van der Waals surface area (Å²) in [4.78, 5) is 64.8. The summed E-state index contributed by atoms with van der Waals surface area (Å²) in [6, 6.07) is 9.91. The SMILES string of the molecule is CCCCCCCC(=O)N[C@H](/C=C/C(=O)N[C@@H](CCCCN)C(=O)N[C@H](/C=C/C(=O)N[C@@H](CCCCN)C(N)=O)Cc1ccc(O)cc1)Cc1ccc(O)cc1. The molecule has 2 aromatic rings. The molecular weight excluding hydrogens is 715 g/mol. The Morgan fingerprint density at radius 2 is 1.07 bits per heavy atom. The van der Waals surface area contributed by atoms with Gasteiger partial charge in [0.2, 0.25) is 29.5 Å². The number of primary amides is 1. The number of nitrogens with two attached hydrogens (primary N) is 3. The van der Waals surface area contributed by atoms with E-state index in [2.05, 4.69) is 28.2 Å². The molecule has 0 aliphatic heterocycles. The van der Waals surface area contributed by atoms with Crippen LogP contribution in [0.25, 0.3) is 0 Å². The Morgan fingerprint density at radius 1 is 0.607 bits per heavy atom. The van der Waals surface area contributed by atoms with Gasteiger partial charge in [-0.2, -0.15) is 0 Å². The first-order valence-corrected chi connectivity index (χ1v) is 19.8. The van der Waals surface area contributed by atoms with Crippen molar-refractivity contribution in [3.63, 3.8) is 0 Å². The number of phenolic OH excluding ortho intramolecular Hbond substituents is 2. The Labute approximate surface area is 331 Å². The fourth-order valence-corrected chi connectivity index (χ4v) is 5.94. The summed E-state index contributed by atoms with van der Waals surface area (Å²) in [6.45, 7) is 2.98. The molecule has 14 heteroatoms. The van der Waals surface area contributed by atoms with Crippen molar-refractivity contribution in [3.05, 3.63) is 84.0 Å². The van der Waals surface area contributed by atoms with Crippen molar-refractivity contribution in [3.8, 4) is 11.5 Å². The van der Waals surface area contributed by atoms with Crippen LogP contribution in [0.4, 0.5) is 0 Å². The Kier molecular flexibility index (Phi) is 23.0. The predicted molar refractivity (Wildman–Crippen MR) is 218 cm³/mol. The predicted octanol–water partition coefficient (Wildman–Crippen LogP) is 3.04. The number of benzene rings is 2. The van der Waals surface area contributed by atoms with Gasteiger partial charge in [-0.05, 0) is 106 Å². The highest BCUT2D eigenvalue weighted by atomic mass is 16.3. The molecule has 4 atom stereocenters. The van der Waals surface area contributed by atoms with Crippen molar-refractivity contribution < 1.29 is 34.2 Å². The van der Waals surface area contributed by atoms with E-state index >= 15 is 0 Å². The molecule has 0 aliphatic carbocycles. The van der Waals surface area contributed by atoms with E-state index in [-0.39, 0.29) is 30.2 Å². The van der Waals surface area contributed by atoms with E-state index < -0.39 is 47.8 Å². The normalized spacial score (nSPS) is 13.5. The van der Waals surface area contributed by atoms with Gasteiger partial charge in [-0.1, -0.05) is 69.0 Å². The molecule has 0 saturated heterocycles. The van der Waals surface area contributed by atoms with Crippen molar-refractivity contribution in [2.45, 2.75) is 121 Å². The highest BCUT2D eigenvalue weighted by Crippen LogP contribution is 2.14. The molecule has 2 aromatic carbocycles. The number of unbranched alkanes of at least 4 members (excludes halogenated alkanes) is 6. The number of nitrogens with one attached hydrogen (secondary N) is 4. The molecule has 0 aromatic heterocycles. The molecule has 0 bridgehead atoms. The van der Waals surface area contributed by atoms with Gasteiger partial charge in [0.15, 0.2) is 0 Å². The van der Waals surface area contributed by atoms with Crippen molar-refractivity contribution in [2.75, 3.05) is 13.1 Å². The van der Waals surface area contributed by atoms with Crippen LogP contribution in [0, 0.1) is 0 Å². The molecule has 0 heterocycles. The van der Waals surface area contributed by atoms with Crippen LogP contribution in [-0.4, -0.2) is 77.0 Å². The Bertz CT molecular complexity index is 1550. The van der Waals surface area contributed by atoms with Gasteiger partial charge in [0, 0.05) is 18.6 Å². The minimum Gasteiger partial charge on any atom is -0.508 e. The first-order valence-electron chi connectivity index (χ1n) is 19.8. The van der Waals surface area contributed by atoms with Crippen molar-refractivity contribution in [1.29, 1.82) is 0 Å². The van der Waals surface area contributed by atoms with Gasteiger partial charge >= 0.3 is 0 Å². The number of hydrogen-bond acceptors (Lipinski definition) is 9. The van der Waals surface area contributed by atoms with Gasteiger partial charge < -0.3 is 48.7 Å². The van der Waals surface area contributed by atoms with Crippen LogP contribution >= 0.6 is 0 Å². The lowest BCUT2D eigenvalue weighted by Crippen LogP contribution is -2.49. The molecule has 0 fully saturated rings. The number of rotatable bonds is 28. The lowest BCUT2D eigenvalue weighted by atomic mass is 10.0. The second-order valence-corrected chi connectivity index (χ2v) is 14.0. The summed E-state index contributed by atoms with van der Waals surface area (Å²) < 4.78 is 0. The van der Waals surface area contributed by atoms with E-state index in [1.54, 1.807) is 42.5 Å². The van der Waals surface area contributed by atoms with Gasteiger partial charge in [0.05, 0.1) is 12.1 Å². The zero-order valence-electron chi connectivity index (χ0n) is 32.7. The minimum atomic E-state index is -0.960. The largest absolute Gasteiger partial charge is 0.508 e. The first-order chi connectivity index (χ1) is 26.9. The van der Waals surface area contributed by atoms with E-state index in [0.717, 1.165) is 43.2 Å². The Hall–Kier alpha value is -5.21. The van der Waals surface area contributed by atoms with Gasteiger partial charge in [-0.25, -0.2) is 0 Å². The third-order valence-electron chi connectivity index (χ3n) is 9.11. The van der Waals surface area contributed by atoms with E-state index in [4.69, 9.17) is 17.2 Å². The van der Waals surface area contributed by atoms with E-state index in [9.17, 15) is 34.2 Å². The van der Waals surface area contributed by atoms with Gasteiger partial charge in [0.1, 0.15) is 23.6 Å². The summed E-state index contributed by atoms with van der Waals surface area (Å²) in [7, 11) is 0. The zero-order valence-corrected chi connectivity index (χ0v) is 32.7. The maximum atomic E-state index is 13.8. The maximum absolute atomic E-state index is 13.8. The number of carbonyl (C=O) groups excluding carboxylic acids is 5. The molecule has 0 aliphatic rings. The van der Waals surface area contributed by atoms with Crippen LogP contribution in [-0.2, 0) is 36.8 Å². The average Bonchev–Trinajstić information content (AvgIpc) is 3.17. The number of amides is 5. The summed E-state index contributed by atoms with van der Waals surface area (Å²) in [5.74, 6) is -2.23. The first kappa shape index (κ1) is 46.9. The fraction of sp³-hybridized carbons (Fsp3) is 0.500. The number of phenols is 2. The minimum absolute atomic E-state index is 0.0689. The average molecular weight is 778 g/mol. The smallest absolute Gasteiger partial charge is 0.244 e. The van der Waals surface area contributed by atoms with E-state index in [1.807, 2.05) is 0 Å². The summed E-state index contributed by atoms with van der Waals surface area (Å²) >= 11 is 0. The molecule has 308 valence electrons. The van der Waals surface area contributed by atoms with Crippen molar-refractivity contribution in [1.82, 2.24) is 21.3 Å². The van der Waals surface area contributed by atoms with Crippen LogP contribution in [0.15, 0.2) is 72.8 Å². The lowest BCUT2D eigenvalue weighted by Gasteiger charge is -2.22. The van der Waals surface area contributed by atoms with E-state index in [1.165, 1.54) is 30.4 Å². The molecule has 2 rings (SSSR count). The van der Waals surface area contributed by atoms with Crippen LogP contribution in [0.1, 0.15) is 95.1 Å². The number of carbonyl (C=O) groups is 5. The van der Waals surface area contributed by atoms with Crippen molar-refractivity contribution in [2.24, 2.45) is 17.2 Å². The molecule has 12 N–H and O–H groups in total. The molecule has 5 amide bonds. The van der Waals surface area contributed by atoms with E-state index in [0.29, 0.717) is 58.0 Å². The molecule has 0 saturated carbocycles. The summed E-state index contributed by atoms with van der Waals surface area (Å²) in [5, 5.41) is 30.8. The summed E-state index contributed by atoms with van der Waals surface area (Å²) in [6.07, 6.45) is 14.7. The number of hydrogen-bond donors (Lipinski definition) is 9. The van der Waals surface area contributed by atoms with Gasteiger partial charge in [-0.15, -0.1) is 0 Å². The molecule has 14 nitrogen and oxygen atoms in total. The monoisotopic (exact) mass is 777 g/mol.